The molecule has 0 radical (unpaired) electrons. The predicted octanol–water partition coefficient (Wildman–Crippen LogP) is 4.50. The van der Waals surface area contributed by atoms with E-state index in [1.165, 1.54) is 17.4 Å². The molecule has 0 aliphatic rings. The molecule has 1 N–H and O–H groups in total. The maximum atomic E-state index is 12.1. The Morgan fingerprint density at radius 2 is 1.91 bits per heavy atom. The van der Waals surface area contributed by atoms with Crippen molar-refractivity contribution in [3.05, 3.63) is 53.6 Å². The van der Waals surface area contributed by atoms with E-state index in [1.807, 2.05) is 44.2 Å². The van der Waals surface area contributed by atoms with E-state index in [-0.39, 0.29) is 12.5 Å². The number of allylic oxidation sites excluding steroid dienone is 1. The highest BCUT2D eigenvalue weighted by molar-refractivity contribution is 7.20. The average Bonchev–Trinajstić information content (AvgIpc) is 2.91. The van der Waals surface area contributed by atoms with Gasteiger partial charge in [-0.15, -0.1) is 11.3 Å². The molecule has 0 spiro atoms. The summed E-state index contributed by atoms with van der Waals surface area (Å²) in [5.74, 6) is -0.685. The van der Waals surface area contributed by atoms with Crippen molar-refractivity contribution >= 4 is 28.2 Å². The van der Waals surface area contributed by atoms with E-state index < -0.39 is 5.97 Å². The second-order valence-electron chi connectivity index (χ2n) is 5.15. The van der Waals surface area contributed by atoms with Crippen molar-refractivity contribution in [1.29, 1.82) is 0 Å². The Labute approximate surface area is 139 Å². The maximum Gasteiger partial charge on any atom is 0.341 e. The van der Waals surface area contributed by atoms with Crippen LogP contribution in [0.5, 0.6) is 0 Å². The van der Waals surface area contributed by atoms with Gasteiger partial charge in [0.25, 0.3) is 0 Å². The van der Waals surface area contributed by atoms with Gasteiger partial charge in [-0.3, -0.25) is 4.79 Å². The Hall–Kier alpha value is -2.40. The maximum absolute atomic E-state index is 12.1. The van der Waals surface area contributed by atoms with Gasteiger partial charge in [0.05, 0.1) is 12.2 Å². The van der Waals surface area contributed by atoms with Crippen LogP contribution in [0.25, 0.3) is 10.4 Å². The Morgan fingerprint density at radius 1 is 1.22 bits per heavy atom. The number of thiophene rings is 1. The molecular formula is C18H19NO3S. The molecular weight excluding hydrogens is 310 g/mol. The van der Waals surface area contributed by atoms with Crippen molar-refractivity contribution in [2.45, 2.75) is 20.8 Å². The Bertz CT molecular complexity index is 728. The van der Waals surface area contributed by atoms with Crippen LogP contribution >= 0.6 is 11.3 Å². The van der Waals surface area contributed by atoms with Crippen LogP contribution in [0, 0.1) is 0 Å². The van der Waals surface area contributed by atoms with Gasteiger partial charge in [-0.2, -0.15) is 0 Å². The molecule has 120 valence electrons. The highest BCUT2D eigenvalue weighted by Gasteiger charge is 2.19. The van der Waals surface area contributed by atoms with E-state index >= 15 is 0 Å². The number of hydrogen-bond acceptors (Lipinski definition) is 4. The minimum atomic E-state index is -0.432. The summed E-state index contributed by atoms with van der Waals surface area (Å²) < 4.78 is 5.08. The second-order valence-corrected chi connectivity index (χ2v) is 6.20. The SMILES string of the molecule is CCOC(=O)c1cc(-c2ccccc2)sc1NC(=O)C=C(C)C. The lowest BCUT2D eigenvalue weighted by molar-refractivity contribution is -0.111. The van der Waals surface area contributed by atoms with E-state index in [2.05, 4.69) is 5.32 Å². The normalized spacial score (nSPS) is 10.0. The Balaban J connectivity index is 2.38. The molecule has 0 bridgehead atoms. The zero-order valence-corrected chi connectivity index (χ0v) is 14.2. The van der Waals surface area contributed by atoms with Crippen LogP contribution in [0.1, 0.15) is 31.1 Å². The summed E-state index contributed by atoms with van der Waals surface area (Å²) in [5, 5.41) is 3.28. The van der Waals surface area contributed by atoms with Gasteiger partial charge in [0.1, 0.15) is 5.00 Å². The van der Waals surface area contributed by atoms with Crippen molar-refractivity contribution in [2.75, 3.05) is 11.9 Å². The number of rotatable bonds is 5. The van der Waals surface area contributed by atoms with Crippen molar-refractivity contribution in [3.8, 4) is 10.4 Å². The third-order valence-electron chi connectivity index (χ3n) is 2.94. The molecule has 4 nitrogen and oxygen atoms in total. The highest BCUT2D eigenvalue weighted by atomic mass is 32.1. The molecule has 0 fully saturated rings. The van der Waals surface area contributed by atoms with E-state index in [1.54, 1.807) is 13.0 Å². The van der Waals surface area contributed by atoms with Gasteiger partial charge in [0.2, 0.25) is 5.91 Å². The van der Waals surface area contributed by atoms with Crippen LogP contribution in [-0.2, 0) is 9.53 Å². The average molecular weight is 329 g/mol. The zero-order valence-electron chi connectivity index (χ0n) is 13.4. The van der Waals surface area contributed by atoms with Crippen LogP contribution in [0.15, 0.2) is 48.0 Å². The number of amides is 1. The second kappa shape index (κ2) is 7.74. The molecule has 1 aromatic carbocycles. The molecule has 1 heterocycles. The molecule has 0 saturated carbocycles. The summed E-state index contributed by atoms with van der Waals surface area (Å²) >= 11 is 1.36. The molecule has 0 atom stereocenters. The predicted molar refractivity (Wildman–Crippen MR) is 93.8 cm³/mol. The number of hydrogen-bond donors (Lipinski definition) is 1. The smallest absolute Gasteiger partial charge is 0.341 e. The minimum absolute atomic E-state index is 0.253. The molecule has 0 unspecified atom stereocenters. The van der Waals surface area contributed by atoms with Gasteiger partial charge in [-0.1, -0.05) is 35.9 Å². The molecule has 2 rings (SSSR count). The minimum Gasteiger partial charge on any atom is -0.462 e. The summed E-state index contributed by atoms with van der Waals surface area (Å²) in [6.07, 6.45) is 1.50. The fourth-order valence-electron chi connectivity index (χ4n) is 2.00. The number of nitrogens with one attached hydrogen (secondary N) is 1. The summed E-state index contributed by atoms with van der Waals surface area (Å²) in [6, 6.07) is 11.5. The number of anilines is 1. The lowest BCUT2D eigenvalue weighted by Crippen LogP contribution is -2.12. The van der Waals surface area contributed by atoms with E-state index in [4.69, 9.17) is 4.74 Å². The lowest BCUT2D eigenvalue weighted by atomic mass is 10.1. The first kappa shape index (κ1) is 17.0. The number of carbonyl (C=O) groups excluding carboxylic acids is 2. The van der Waals surface area contributed by atoms with Gasteiger partial charge < -0.3 is 10.1 Å². The first-order chi connectivity index (χ1) is 11.0. The molecule has 5 heteroatoms. The molecule has 23 heavy (non-hydrogen) atoms. The summed E-state index contributed by atoms with van der Waals surface area (Å²) in [6.45, 7) is 5.73. The van der Waals surface area contributed by atoms with Gasteiger partial charge in [0.15, 0.2) is 0 Å². The first-order valence-corrected chi connectivity index (χ1v) is 8.15. The number of benzene rings is 1. The van der Waals surface area contributed by atoms with E-state index in [0.29, 0.717) is 10.6 Å². The third-order valence-corrected chi connectivity index (χ3v) is 4.04. The number of esters is 1. The van der Waals surface area contributed by atoms with Gasteiger partial charge in [0, 0.05) is 11.0 Å². The van der Waals surface area contributed by atoms with Crippen LogP contribution in [-0.4, -0.2) is 18.5 Å². The van der Waals surface area contributed by atoms with Crippen LogP contribution in [0.4, 0.5) is 5.00 Å². The standard InChI is InChI=1S/C18H19NO3S/c1-4-22-18(21)14-11-15(13-8-6-5-7-9-13)23-17(14)19-16(20)10-12(2)3/h5-11H,4H2,1-3H3,(H,19,20). The molecule has 1 aromatic heterocycles. The molecule has 0 saturated heterocycles. The van der Waals surface area contributed by atoms with Crippen molar-refractivity contribution < 1.29 is 14.3 Å². The number of carbonyl (C=O) groups is 2. The monoisotopic (exact) mass is 329 g/mol. The molecule has 0 aliphatic carbocycles. The van der Waals surface area contributed by atoms with E-state index in [9.17, 15) is 9.59 Å². The Morgan fingerprint density at radius 3 is 2.52 bits per heavy atom. The fraction of sp³-hybridized carbons (Fsp3) is 0.222. The van der Waals surface area contributed by atoms with Gasteiger partial charge in [-0.25, -0.2) is 4.79 Å². The van der Waals surface area contributed by atoms with Crippen molar-refractivity contribution in [2.24, 2.45) is 0 Å². The van der Waals surface area contributed by atoms with Gasteiger partial charge in [-0.05, 0) is 32.4 Å². The molecule has 1 amide bonds. The Kier molecular flexibility index (Phi) is 5.71. The zero-order chi connectivity index (χ0) is 16.8. The highest BCUT2D eigenvalue weighted by Crippen LogP contribution is 2.35. The summed E-state index contributed by atoms with van der Waals surface area (Å²) in [5.41, 5.74) is 2.26. The van der Waals surface area contributed by atoms with Gasteiger partial charge >= 0.3 is 5.97 Å². The van der Waals surface area contributed by atoms with Crippen LogP contribution < -0.4 is 5.32 Å². The lowest BCUT2D eigenvalue weighted by Gasteiger charge is -2.04. The van der Waals surface area contributed by atoms with E-state index in [0.717, 1.165) is 16.0 Å². The summed E-state index contributed by atoms with van der Waals surface area (Å²) in [4.78, 5) is 25.0. The molecule has 0 aliphatic heterocycles. The number of ether oxygens (including phenoxy) is 1. The van der Waals surface area contributed by atoms with Crippen molar-refractivity contribution in [1.82, 2.24) is 0 Å². The fourth-order valence-corrected chi connectivity index (χ4v) is 3.05. The largest absolute Gasteiger partial charge is 0.462 e. The summed E-state index contributed by atoms with van der Waals surface area (Å²) in [7, 11) is 0. The van der Waals surface area contributed by atoms with Crippen LogP contribution in [0.3, 0.4) is 0 Å². The topological polar surface area (TPSA) is 55.4 Å². The van der Waals surface area contributed by atoms with Crippen LogP contribution in [0.2, 0.25) is 0 Å². The molecule has 2 aromatic rings. The third kappa shape index (κ3) is 4.53. The quantitative estimate of drug-likeness (QED) is 0.649. The first-order valence-electron chi connectivity index (χ1n) is 7.33. The van der Waals surface area contributed by atoms with Crippen molar-refractivity contribution in [3.63, 3.8) is 0 Å².